The summed E-state index contributed by atoms with van der Waals surface area (Å²) in [7, 11) is 1.35. The van der Waals surface area contributed by atoms with Crippen molar-refractivity contribution in [2.24, 2.45) is 0 Å². The summed E-state index contributed by atoms with van der Waals surface area (Å²) in [5.41, 5.74) is 1.68. The smallest absolute Gasteiger partial charge is 0.325 e. The fourth-order valence-electron chi connectivity index (χ4n) is 2.06. The molecule has 0 bridgehead atoms. The van der Waals surface area contributed by atoms with Crippen molar-refractivity contribution in [3.8, 4) is 0 Å². The van der Waals surface area contributed by atoms with Gasteiger partial charge in [-0.25, -0.2) is 4.98 Å². The number of nitrogens with one attached hydrogen (secondary N) is 1. The van der Waals surface area contributed by atoms with Gasteiger partial charge in [0.05, 0.1) is 18.1 Å². The monoisotopic (exact) mass is 287 g/mol. The minimum absolute atomic E-state index is 0.0990. The normalized spacial score (nSPS) is 10.3. The van der Waals surface area contributed by atoms with Crippen molar-refractivity contribution >= 4 is 22.9 Å². The molecule has 0 aliphatic carbocycles. The second-order valence-corrected chi connectivity index (χ2v) is 4.42. The van der Waals surface area contributed by atoms with Crippen LogP contribution in [0, 0.1) is 0 Å². The third-order valence-corrected chi connectivity index (χ3v) is 3.08. The number of para-hydroxylation sites is 2. The van der Waals surface area contributed by atoms with E-state index in [9.17, 15) is 9.59 Å². The first-order valence-electron chi connectivity index (χ1n) is 6.57. The summed E-state index contributed by atoms with van der Waals surface area (Å²) in [6, 6.07) is 7.56. The number of hydrogen-bond acceptors (Lipinski definition) is 4. The first kappa shape index (κ1) is 14.8. The molecule has 0 fully saturated rings. The van der Waals surface area contributed by atoms with E-state index in [1.54, 1.807) is 4.57 Å². The maximum atomic E-state index is 11.5. The first-order chi connectivity index (χ1) is 10.2. The maximum Gasteiger partial charge on any atom is 0.325 e. The Morgan fingerprint density at radius 2 is 2.19 bits per heavy atom. The molecule has 0 saturated carbocycles. The summed E-state index contributed by atoms with van der Waals surface area (Å²) in [4.78, 5) is 27.2. The number of carbonyl (C=O) groups excluding carboxylic acids is 2. The van der Waals surface area contributed by atoms with Crippen LogP contribution in [0.3, 0.4) is 0 Å². The molecule has 2 rings (SSSR count). The van der Waals surface area contributed by atoms with E-state index in [1.165, 1.54) is 13.2 Å². The number of methoxy groups -OCH3 is 1. The Morgan fingerprint density at radius 1 is 1.43 bits per heavy atom. The lowest BCUT2D eigenvalue weighted by Gasteiger charge is -2.08. The van der Waals surface area contributed by atoms with Crippen LogP contribution in [0.15, 0.2) is 36.9 Å². The predicted molar refractivity (Wildman–Crippen MR) is 78.7 cm³/mol. The van der Waals surface area contributed by atoms with Crippen molar-refractivity contribution in [3.05, 3.63) is 42.7 Å². The van der Waals surface area contributed by atoms with E-state index >= 15 is 0 Å². The first-order valence-corrected chi connectivity index (χ1v) is 6.57. The van der Waals surface area contributed by atoms with Crippen molar-refractivity contribution in [2.45, 2.75) is 13.0 Å². The molecule has 0 aliphatic heterocycles. The lowest BCUT2D eigenvalue weighted by Crippen LogP contribution is -2.25. The molecule has 6 nitrogen and oxygen atoms in total. The van der Waals surface area contributed by atoms with Gasteiger partial charge in [-0.05, 0) is 18.2 Å². The summed E-state index contributed by atoms with van der Waals surface area (Å²) < 4.78 is 6.52. The zero-order chi connectivity index (χ0) is 15.2. The molecule has 21 heavy (non-hydrogen) atoms. The van der Waals surface area contributed by atoms with Crippen LogP contribution >= 0.6 is 0 Å². The van der Waals surface area contributed by atoms with Crippen LogP contribution in [0.5, 0.6) is 0 Å². The molecule has 6 heteroatoms. The molecule has 1 N–H and O–H groups in total. The van der Waals surface area contributed by atoms with Gasteiger partial charge >= 0.3 is 5.97 Å². The number of ether oxygens (including phenoxy) is 1. The summed E-state index contributed by atoms with van der Waals surface area (Å²) in [5.74, 6) is 0.158. The molecule has 2 aromatic rings. The van der Waals surface area contributed by atoms with Crippen LogP contribution in [0.1, 0.15) is 5.82 Å². The number of carbonyl (C=O) groups is 2. The van der Waals surface area contributed by atoms with E-state index in [0.29, 0.717) is 13.0 Å². The number of aromatic nitrogens is 2. The fraction of sp³-hybridized carbons (Fsp3) is 0.267. The molecule has 0 unspecified atom stereocenters. The molecule has 0 saturated heterocycles. The molecular weight excluding hydrogens is 270 g/mol. The summed E-state index contributed by atoms with van der Waals surface area (Å²) >= 11 is 0. The Labute approximate surface area is 122 Å². The third kappa shape index (κ3) is 3.47. The second-order valence-electron chi connectivity index (χ2n) is 4.42. The van der Waals surface area contributed by atoms with Crippen LogP contribution in [-0.4, -0.2) is 35.1 Å². The zero-order valence-electron chi connectivity index (χ0n) is 11.8. The van der Waals surface area contributed by atoms with Gasteiger partial charge in [-0.3, -0.25) is 9.59 Å². The zero-order valence-corrected chi connectivity index (χ0v) is 11.8. The molecular formula is C15H17N3O3. The highest BCUT2D eigenvalue weighted by Crippen LogP contribution is 2.16. The Hall–Kier alpha value is -2.63. The van der Waals surface area contributed by atoms with Gasteiger partial charge in [0.25, 0.3) is 0 Å². The summed E-state index contributed by atoms with van der Waals surface area (Å²) in [5, 5.41) is 2.69. The Bertz CT molecular complexity index is 676. The van der Waals surface area contributed by atoms with E-state index < -0.39 is 0 Å². The number of rotatable bonds is 6. The van der Waals surface area contributed by atoms with E-state index in [0.717, 1.165) is 16.9 Å². The number of imidazole rings is 1. The van der Waals surface area contributed by atoms with E-state index in [1.807, 2.05) is 24.3 Å². The topological polar surface area (TPSA) is 73.2 Å². The molecule has 1 amide bonds. The maximum absolute atomic E-state index is 11.5. The van der Waals surface area contributed by atoms with Gasteiger partial charge in [-0.15, -0.1) is 0 Å². The number of hydrogen-bond donors (Lipinski definition) is 1. The minimum atomic E-state index is -0.338. The molecule has 1 aromatic heterocycles. The van der Waals surface area contributed by atoms with Gasteiger partial charge < -0.3 is 14.6 Å². The van der Waals surface area contributed by atoms with Gasteiger partial charge in [-0.1, -0.05) is 18.7 Å². The lowest BCUT2D eigenvalue weighted by molar-refractivity contribution is -0.141. The van der Waals surface area contributed by atoms with Crippen LogP contribution in [0.25, 0.3) is 11.0 Å². The average molecular weight is 287 g/mol. The number of fused-ring (bicyclic) bond motifs is 1. The Morgan fingerprint density at radius 3 is 2.90 bits per heavy atom. The third-order valence-electron chi connectivity index (χ3n) is 3.08. The predicted octanol–water partition coefficient (Wildman–Crippen LogP) is 1.05. The molecule has 1 aromatic carbocycles. The Balaban J connectivity index is 2.24. The van der Waals surface area contributed by atoms with Crippen LogP contribution in [0.4, 0.5) is 0 Å². The van der Waals surface area contributed by atoms with Crippen LogP contribution in [0.2, 0.25) is 0 Å². The van der Waals surface area contributed by atoms with Crippen molar-refractivity contribution in [1.82, 2.24) is 14.9 Å². The van der Waals surface area contributed by atoms with E-state index in [2.05, 4.69) is 16.9 Å². The molecule has 1 heterocycles. The Kier molecular flexibility index (Phi) is 4.71. The van der Waals surface area contributed by atoms with E-state index in [-0.39, 0.29) is 18.4 Å². The van der Waals surface area contributed by atoms with Crippen molar-refractivity contribution in [2.75, 3.05) is 13.7 Å². The van der Waals surface area contributed by atoms with Crippen LogP contribution in [-0.2, 0) is 27.3 Å². The van der Waals surface area contributed by atoms with Gasteiger partial charge in [0.2, 0.25) is 5.91 Å². The van der Waals surface area contributed by atoms with Gasteiger partial charge in [0.1, 0.15) is 12.4 Å². The molecule has 0 atom stereocenters. The standard InChI is InChI=1S/C15H17N3O3/c1-3-14(19)16-9-8-13-17-11-6-4-5-7-12(11)18(13)10-15(20)21-2/h3-7H,1,8-10H2,2H3,(H,16,19). The molecule has 0 aliphatic rings. The highest BCUT2D eigenvalue weighted by atomic mass is 16.5. The fourth-order valence-corrected chi connectivity index (χ4v) is 2.06. The number of nitrogens with zero attached hydrogens (tertiary/aromatic N) is 2. The van der Waals surface area contributed by atoms with Crippen molar-refractivity contribution in [1.29, 1.82) is 0 Å². The highest BCUT2D eigenvalue weighted by molar-refractivity contribution is 5.86. The van der Waals surface area contributed by atoms with Gasteiger partial charge in [-0.2, -0.15) is 0 Å². The van der Waals surface area contributed by atoms with Crippen molar-refractivity contribution < 1.29 is 14.3 Å². The quantitative estimate of drug-likeness (QED) is 0.637. The molecule has 0 spiro atoms. The number of benzene rings is 1. The summed E-state index contributed by atoms with van der Waals surface area (Å²) in [6.07, 6.45) is 1.74. The van der Waals surface area contributed by atoms with Gasteiger partial charge in [0, 0.05) is 13.0 Å². The molecule has 110 valence electrons. The lowest BCUT2D eigenvalue weighted by atomic mass is 10.3. The van der Waals surface area contributed by atoms with Crippen LogP contribution < -0.4 is 5.32 Å². The summed E-state index contributed by atoms with van der Waals surface area (Å²) in [6.45, 7) is 3.92. The largest absolute Gasteiger partial charge is 0.468 e. The highest BCUT2D eigenvalue weighted by Gasteiger charge is 2.13. The van der Waals surface area contributed by atoms with E-state index in [4.69, 9.17) is 4.74 Å². The van der Waals surface area contributed by atoms with Gasteiger partial charge in [0.15, 0.2) is 0 Å². The minimum Gasteiger partial charge on any atom is -0.468 e. The average Bonchev–Trinajstić information content (AvgIpc) is 2.85. The SMILES string of the molecule is C=CC(=O)NCCc1nc2ccccc2n1CC(=O)OC. The number of amides is 1. The van der Waals surface area contributed by atoms with Crippen molar-refractivity contribution in [3.63, 3.8) is 0 Å². The number of esters is 1. The second kappa shape index (κ2) is 6.69. The molecule has 0 radical (unpaired) electrons.